The Balaban J connectivity index is 1.77. The number of rotatable bonds is 6. The third kappa shape index (κ3) is 3.81. The average molecular weight is 463 g/mol. The molecule has 7 nitrogen and oxygen atoms in total. The highest BCUT2D eigenvalue weighted by molar-refractivity contribution is 9.10. The van der Waals surface area contributed by atoms with Crippen molar-refractivity contribution in [3.8, 4) is 28.8 Å². The molecule has 0 N–H and O–H groups in total. The van der Waals surface area contributed by atoms with E-state index in [0.717, 1.165) is 0 Å². The van der Waals surface area contributed by atoms with Crippen LogP contribution in [0.4, 0.5) is 4.39 Å². The molecule has 0 aliphatic rings. The predicted molar refractivity (Wildman–Crippen MR) is 107 cm³/mol. The molecule has 1 aromatic carbocycles. The monoisotopic (exact) mass is 462 g/mol. The molecule has 0 saturated heterocycles. The minimum atomic E-state index is -1.40. The molecular weight excluding hydrogens is 448 g/mol. The first kappa shape index (κ1) is 17.5. The van der Waals surface area contributed by atoms with Crippen LogP contribution >= 0.6 is 24.7 Å². The highest BCUT2D eigenvalue weighted by Gasteiger charge is 2.18. The number of halogens is 2. The van der Waals surface area contributed by atoms with Gasteiger partial charge in [0.2, 0.25) is 5.88 Å². The fourth-order valence-electron chi connectivity index (χ4n) is 2.61. The van der Waals surface area contributed by atoms with Crippen LogP contribution in [0.1, 0.15) is 5.56 Å². The molecule has 0 saturated carbocycles. The maximum Gasteiger partial charge on any atom is 0.234 e. The molecule has 1 atom stereocenters. The standard InChI is InChI=1S/C18H14BrFN5O2P/c1-28-27-18-12(19)9-21-17(22-18)15-8-16(14-6-7-26-24-14)25(23-15)10-11-4-2-3-5-13(11)20/h2-9,28H,10H2,1H3/i28D. The van der Waals surface area contributed by atoms with Gasteiger partial charge in [-0.1, -0.05) is 23.4 Å². The summed E-state index contributed by atoms with van der Waals surface area (Å²) in [5.74, 6) is 0.264. The van der Waals surface area contributed by atoms with Crippen molar-refractivity contribution in [3.63, 3.8) is 0 Å². The van der Waals surface area contributed by atoms with Crippen LogP contribution in [-0.2, 0) is 6.54 Å². The van der Waals surface area contributed by atoms with Gasteiger partial charge in [0.25, 0.3) is 0 Å². The maximum absolute atomic E-state index is 14.2. The van der Waals surface area contributed by atoms with Crippen LogP contribution in [0.5, 0.6) is 5.88 Å². The number of hydrogen-bond acceptors (Lipinski definition) is 6. The van der Waals surface area contributed by atoms with Crippen LogP contribution in [0.25, 0.3) is 22.9 Å². The summed E-state index contributed by atoms with van der Waals surface area (Å²) in [7, 11) is -1.40. The van der Waals surface area contributed by atoms with E-state index >= 15 is 0 Å². The Kier molecular flexibility index (Phi) is 5.09. The van der Waals surface area contributed by atoms with Crippen molar-refractivity contribution in [1.29, 1.82) is 1.28 Å². The largest absolute Gasteiger partial charge is 0.460 e. The lowest BCUT2D eigenvalue weighted by Gasteiger charge is -2.06. The summed E-state index contributed by atoms with van der Waals surface area (Å²) < 4.78 is 34.4. The highest BCUT2D eigenvalue weighted by atomic mass is 79.9. The summed E-state index contributed by atoms with van der Waals surface area (Å²) in [6.07, 6.45) is 3.00. The third-order valence-electron chi connectivity index (χ3n) is 3.88. The molecule has 10 heteroatoms. The summed E-state index contributed by atoms with van der Waals surface area (Å²) in [5.41, 5.74) is 2.13. The van der Waals surface area contributed by atoms with Gasteiger partial charge in [0.1, 0.15) is 24.7 Å². The SMILES string of the molecule is [2H]P(C)Oc1nc(-c2cc(-c3ccon3)n(Cc3ccccc3F)n2)ncc1Br. The number of hydrogen-bond donors (Lipinski definition) is 0. The van der Waals surface area contributed by atoms with Crippen LogP contribution in [-0.4, -0.2) is 32.8 Å². The molecule has 142 valence electrons. The molecule has 4 aromatic rings. The molecule has 0 radical (unpaired) electrons. The van der Waals surface area contributed by atoms with Gasteiger partial charge in [0.05, 0.1) is 25.5 Å². The van der Waals surface area contributed by atoms with Gasteiger partial charge in [-0.3, -0.25) is 4.68 Å². The van der Waals surface area contributed by atoms with E-state index in [1.54, 1.807) is 47.9 Å². The lowest BCUT2D eigenvalue weighted by Crippen LogP contribution is -2.06. The molecule has 28 heavy (non-hydrogen) atoms. The van der Waals surface area contributed by atoms with Crippen molar-refractivity contribution in [3.05, 3.63) is 64.7 Å². The number of nitrogens with zero attached hydrogens (tertiary/aromatic N) is 5. The Morgan fingerprint density at radius 2 is 2.18 bits per heavy atom. The maximum atomic E-state index is 14.2. The lowest BCUT2D eigenvalue weighted by molar-refractivity contribution is 0.421. The second-order valence-corrected chi connectivity index (χ2v) is 7.07. The smallest absolute Gasteiger partial charge is 0.234 e. The summed E-state index contributed by atoms with van der Waals surface area (Å²) in [6.45, 7) is 1.84. The molecule has 0 spiro atoms. The Labute approximate surface area is 171 Å². The lowest BCUT2D eigenvalue weighted by atomic mass is 10.2. The van der Waals surface area contributed by atoms with Crippen LogP contribution < -0.4 is 4.52 Å². The molecule has 0 fully saturated rings. The minimum Gasteiger partial charge on any atom is -0.460 e. The highest BCUT2D eigenvalue weighted by Crippen LogP contribution is 2.30. The molecule has 0 aliphatic carbocycles. The molecule has 1 unspecified atom stereocenters. The van der Waals surface area contributed by atoms with Crippen molar-refractivity contribution >= 4 is 24.7 Å². The molecule has 4 rings (SSSR count). The van der Waals surface area contributed by atoms with Gasteiger partial charge in [0, 0.05) is 17.8 Å². The first-order chi connectivity index (χ1) is 14.0. The van der Waals surface area contributed by atoms with Gasteiger partial charge < -0.3 is 9.05 Å². The van der Waals surface area contributed by atoms with E-state index in [-0.39, 0.29) is 18.2 Å². The molecule has 0 bridgehead atoms. The van der Waals surface area contributed by atoms with Crippen LogP contribution in [0.2, 0.25) is 0 Å². The van der Waals surface area contributed by atoms with Crippen molar-refractivity contribution in [2.75, 3.05) is 6.66 Å². The second-order valence-electron chi connectivity index (χ2n) is 5.67. The van der Waals surface area contributed by atoms with E-state index < -0.39 is 8.75 Å². The third-order valence-corrected chi connectivity index (χ3v) is 4.78. The zero-order valence-corrected chi connectivity index (χ0v) is 17.1. The van der Waals surface area contributed by atoms with Crippen LogP contribution in [0.3, 0.4) is 0 Å². The van der Waals surface area contributed by atoms with E-state index in [1.165, 1.54) is 12.3 Å². The molecule has 0 aliphatic heterocycles. The van der Waals surface area contributed by atoms with Crippen LogP contribution in [0, 0.1) is 5.82 Å². The molecule has 3 aromatic heterocycles. The fraction of sp³-hybridized carbons (Fsp3) is 0.111. The summed E-state index contributed by atoms with van der Waals surface area (Å²) in [4.78, 5) is 8.66. The summed E-state index contributed by atoms with van der Waals surface area (Å²) in [6, 6.07) is 9.95. The predicted octanol–water partition coefficient (Wildman–Crippen LogP) is 4.55. The topological polar surface area (TPSA) is 78.9 Å². The Morgan fingerprint density at radius 1 is 1.32 bits per heavy atom. The van der Waals surface area contributed by atoms with Crippen LogP contribution in [0.15, 0.2) is 57.9 Å². The second kappa shape index (κ2) is 8.16. The number of benzene rings is 1. The minimum absolute atomic E-state index is 0.196. The van der Waals surface area contributed by atoms with E-state index in [9.17, 15) is 4.39 Å². The normalized spacial score (nSPS) is 12.6. The van der Waals surface area contributed by atoms with E-state index in [4.69, 9.17) is 10.3 Å². The van der Waals surface area contributed by atoms with Crippen molar-refractivity contribution in [2.24, 2.45) is 0 Å². The van der Waals surface area contributed by atoms with Gasteiger partial charge in [-0.25, -0.2) is 9.37 Å². The van der Waals surface area contributed by atoms with Crippen molar-refractivity contribution in [1.82, 2.24) is 24.9 Å². The zero-order chi connectivity index (χ0) is 20.4. The van der Waals surface area contributed by atoms with Gasteiger partial charge in [-0.2, -0.15) is 10.1 Å². The Morgan fingerprint density at radius 3 is 2.93 bits per heavy atom. The van der Waals surface area contributed by atoms with Gasteiger partial charge in [-0.15, -0.1) is 0 Å². The van der Waals surface area contributed by atoms with Gasteiger partial charge in [0.15, 0.2) is 5.82 Å². The molecule has 0 amide bonds. The zero-order valence-electron chi connectivity index (χ0n) is 15.6. The van der Waals surface area contributed by atoms with Crippen molar-refractivity contribution < 1.29 is 13.4 Å². The van der Waals surface area contributed by atoms with E-state index in [0.29, 0.717) is 32.9 Å². The summed E-state index contributed by atoms with van der Waals surface area (Å²) in [5, 5.41) is 8.52. The fourth-order valence-corrected chi connectivity index (χ4v) is 3.32. The van der Waals surface area contributed by atoms with E-state index in [2.05, 4.69) is 36.2 Å². The Bertz CT molecular complexity index is 1140. The van der Waals surface area contributed by atoms with Gasteiger partial charge in [-0.05, 0) is 34.7 Å². The molecule has 3 heterocycles. The quantitative estimate of drug-likeness (QED) is 0.391. The first-order valence-corrected chi connectivity index (χ1v) is 10.2. The first-order valence-electron chi connectivity index (χ1n) is 8.61. The molecular formula is C18H14BrFN5O2P. The average Bonchev–Trinajstić information content (AvgIpc) is 3.35. The van der Waals surface area contributed by atoms with E-state index in [1.807, 2.05) is 0 Å². The Hall–Kier alpha value is -2.64. The van der Waals surface area contributed by atoms with Gasteiger partial charge >= 0.3 is 0 Å². The van der Waals surface area contributed by atoms with Crippen molar-refractivity contribution in [2.45, 2.75) is 6.54 Å². The number of aromatic nitrogens is 5. The summed E-state index contributed by atoms with van der Waals surface area (Å²) >= 11 is 3.32.